The molecule has 0 spiro atoms. The normalized spacial score (nSPS) is 21.3. The standard InChI is InChI=1S/C17H27N5S.HI/c1-3-16-20-14(13-23-16)11-19-17(18-4-2)22-10-7-15(12-22)21-8-5-6-9-21;/h5-6,13,15H,3-4,7-12H2,1-2H3,(H,18,19);1H. The van der Waals surface area contributed by atoms with Gasteiger partial charge in [-0.2, -0.15) is 0 Å². The van der Waals surface area contributed by atoms with Gasteiger partial charge in [0, 0.05) is 44.1 Å². The number of aromatic nitrogens is 1. The number of nitrogens with one attached hydrogen (secondary N) is 1. The highest BCUT2D eigenvalue weighted by Gasteiger charge is 2.29. The van der Waals surface area contributed by atoms with Gasteiger partial charge in [0.1, 0.15) is 0 Å². The third-order valence-electron chi connectivity index (χ3n) is 4.45. The van der Waals surface area contributed by atoms with Crippen LogP contribution in [-0.2, 0) is 13.0 Å². The molecule has 1 atom stereocenters. The zero-order valence-electron chi connectivity index (χ0n) is 14.6. The summed E-state index contributed by atoms with van der Waals surface area (Å²) < 4.78 is 0. The molecule has 0 aliphatic carbocycles. The molecule has 1 aromatic rings. The van der Waals surface area contributed by atoms with Crippen LogP contribution in [0.15, 0.2) is 22.5 Å². The van der Waals surface area contributed by atoms with Crippen molar-refractivity contribution >= 4 is 41.3 Å². The number of thiazole rings is 1. The minimum Gasteiger partial charge on any atom is -0.357 e. The largest absolute Gasteiger partial charge is 0.357 e. The monoisotopic (exact) mass is 461 g/mol. The lowest BCUT2D eigenvalue weighted by molar-refractivity contribution is 0.259. The lowest BCUT2D eigenvalue weighted by atomic mass is 10.2. The molecular weight excluding hydrogens is 433 g/mol. The Bertz CT molecular complexity index is 563. The highest BCUT2D eigenvalue weighted by atomic mass is 127. The molecule has 3 heterocycles. The first kappa shape index (κ1) is 19.7. The number of halogens is 1. The topological polar surface area (TPSA) is 43.8 Å². The van der Waals surface area contributed by atoms with E-state index in [1.807, 2.05) is 0 Å². The maximum atomic E-state index is 4.82. The summed E-state index contributed by atoms with van der Waals surface area (Å²) in [6.07, 6.45) is 6.78. The van der Waals surface area contributed by atoms with Crippen molar-refractivity contribution < 1.29 is 0 Å². The Morgan fingerprint density at radius 1 is 1.38 bits per heavy atom. The molecule has 0 bridgehead atoms. The van der Waals surface area contributed by atoms with Gasteiger partial charge in [0.15, 0.2) is 5.96 Å². The second-order valence-electron chi connectivity index (χ2n) is 6.07. The number of nitrogens with zero attached hydrogens (tertiary/aromatic N) is 4. The van der Waals surface area contributed by atoms with Gasteiger partial charge in [-0.05, 0) is 19.8 Å². The summed E-state index contributed by atoms with van der Waals surface area (Å²) in [7, 11) is 0. The van der Waals surface area contributed by atoms with Gasteiger partial charge in [0.05, 0.1) is 17.2 Å². The van der Waals surface area contributed by atoms with Crippen LogP contribution in [0.3, 0.4) is 0 Å². The summed E-state index contributed by atoms with van der Waals surface area (Å²) in [4.78, 5) is 14.4. The summed E-state index contributed by atoms with van der Waals surface area (Å²) in [6.45, 7) is 10.2. The number of rotatable bonds is 5. The summed E-state index contributed by atoms with van der Waals surface area (Å²) in [5.74, 6) is 1.04. The van der Waals surface area contributed by atoms with Crippen molar-refractivity contribution in [3.63, 3.8) is 0 Å². The Morgan fingerprint density at radius 2 is 2.17 bits per heavy atom. The molecule has 1 N–H and O–H groups in total. The number of guanidine groups is 1. The fourth-order valence-corrected chi connectivity index (χ4v) is 3.93. The van der Waals surface area contributed by atoms with Crippen LogP contribution in [-0.4, -0.2) is 59.5 Å². The van der Waals surface area contributed by atoms with Crippen molar-refractivity contribution in [3.8, 4) is 0 Å². The van der Waals surface area contributed by atoms with E-state index in [0.717, 1.165) is 50.8 Å². The van der Waals surface area contributed by atoms with Crippen LogP contribution >= 0.6 is 35.3 Å². The molecule has 5 nitrogen and oxygen atoms in total. The molecule has 0 radical (unpaired) electrons. The Kier molecular flexibility index (Phi) is 7.96. The smallest absolute Gasteiger partial charge is 0.194 e. The highest BCUT2D eigenvalue weighted by molar-refractivity contribution is 14.0. The average Bonchev–Trinajstić information content (AvgIpc) is 3.32. The third kappa shape index (κ3) is 4.92. The molecule has 7 heteroatoms. The Hall–Kier alpha value is -0.670. The van der Waals surface area contributed by atoms with E-state index >= 15 is 0 Å². The minimum absolute atomic E-state index is 0. The van der Waals surface area contributed by atoms with Gasteiger partial charge in [-0.25, -0.2) is 9.98 Å². The van der Waals surface area contributed by atoms with E-state index in [4.69, 9.17) is 4.99 Å². The lowest BCUT2D eigenvalue weighted by Gasteiger charge is -2.25. The first-order valence-electron chi connectivity index (χ1n) is 8.65. The van der Waals surface area contributed by atoms with E-state index in [1.165, 1.54) is 11.4 Å². The molecule has 2 aliphatic heterocycles. The van der Waals surface area contributed by atoms with Crippen LogP contribution in [0.1, 0.15) is 31.0 Å². The lowest BCUT2D eigenvalue weighted by Crippen LogP contribution is -2.42. The quantitative estimate of drug-likeness (QED) is 0.317. The van der Waals surface area contributed by atoms with Gasteiger partial charge < -0.3 is 10.2 Å². The number of aliphatic imine (C=N–C) groups is 1. The van der Waals surface area contributed by atoms with Gasteiger partial charge in [0.2, 0.25) is 0 Å². The second kappa shape index (κ2) is 9.72. The highest BCUT2D eigenvalue weighted by Crippen LogP contribution is 2.18. The molecule has 1 fully saturated rings. The van der Waals surface area contributed by atoms with Gasteiger partial charge in [-0.1, -0.05) is 19.1 Å². The SMILES string of the molecule is CCNC(=NCc1csc(CC)n1)N1CCC(N2CC=CC2)C1.I. The third-order valence-corrected chi connectivity index (χ3v) is 5.50. The molecule has 0 amide bonds. The number of hydrogen-bond acceptors (Lipinski definition) is 4. The Balaban J connectivity index is 0.00000208. The van der Waals surface area contributed by atoms with Crippen molar-refractivity contribution in [2.24, 2.45) is 4.99 Å². The molecule has 3 rings (SSSR count). The van der Waals surface area contributed by atoms with Gasteiger partial charge >= 0.3 is 0 Å². The van der Waals surface area contributed by atoms with E-state index < -0.39 is 0 Å². The van der Waals surface area contributed by atoms with E-state index in [1.54, 1.807) is 11.3 Å². The summed E-state index contributed by atoms with van der Waals surface area (Å²) in [5.41, 5.74) is 1.08. The van der Waals surface area contributed by atoms with Crippen LogP contribution in [0.25, 0.3) is 0 Å². The van der Waals surface area contributed by atoms with Crippen molar-refractivity contribution in [3.05, 3.63) is 28.2 Å². The predicted octanol–water partition coefficient (Wildman–Crippen LogP) is 2.74. The molecule has 1 unspecified atom stereocenters. The molecule has 1 aromatic heterocycles. The molecule has 24 heavy (non-hydrogen) atoms. The predicted molar refractivity (Wildman–Crippen MR) is 112 cm³/mol. The average molecular weight is 461 g/mol. The summed E-state index contributed by atoms with van der Waals surface area (Å²) in [6, 6.07) is 0.653. The van der Waals surface area contributed by atoms with Crippen molar-refractivity contribution in [1.29, 1.82) is 0 Å². The molecule has 1 saturated heterocycles. The zero-order valence-corrected chi connectivity index (χ0v) is 17.7. The van der Waals surface area contributed by atoms with E-state index in [9.17, 15) is 0 Å². The fraction of sp³-hybridized carbons (Fsp3) is 0.647. The molecular formula is C17H28IN5S. The zero-order chi connectivity index (χ0) is 16.1. The summed E-state index contributed by atoms with van der Waals surface area (Å²) >= 11 is 1.74. The molecule has 134 valence electrons. The fourth-order valence-electron chi connectivity index (χ4n) is 3.19. The maximum Gasteiger partial charge on any atom is 0.194 e. The van der Waals surface area contributed by atoms with Gasteiger partial charge in [-0.15, -0.1) is 35.3 Å². The van der Waals surface area contributed by atoms with Crippen LogP contribution in [0, 0.1) is 0 Å². The number of likely N-dealkylation sites (tertiary alicyclic amines) is 1. The first-order chi connectivity index (χ1) is 11.3. The van der Waals surface area contributed by atoms with Crippen LogP contribution in [0.2, 0.25) is 0 Å². The van der Waals surface area contributed by atoms with Crippen LogP contribution in [0.4, 0.5) is 0 Å². The van der Waals surface area contributed by atoms with E-state index in [0.29, 0.717) is 12.6 Å². The molecule has 0 saturated carbocycles. The second-order valence-corrected chi connectivity index (χ2v) is 7.01. The number of aryl methyl sites for hydroxylation is 1. The van der Waals surface area contributed by atoms with Gasteiger partial charge in [-0.3, -0.25) is 4.90 Å². The number of hydrogen-bond donors (Lipinski definition) is 1. The van der Waals surface area contributed by atoms with Crippen LogP contribution < -0.4 is 5.32 Å². The first-order valence-corrected chi connectivity index (χ1v) is 9.53. The maximum absolute atomic E-state index is 4.82. The van der Waals surface area contributed by atoms with Crippen LogP contribution in [0.5, 0.6) is 0 Å². The molecule has 2 aliphatic rings. The van der Waals surface area contributed by atoms with E-state index in [2.05, 4.69) is 51.5 Å². The van der Waals surface area contributed by atoms with E-state index in [-0.39, 0.29) is 24.0 Å². The summed E-state index contributed by atoms with van der Waals surface area (Å²) in [5, 5.41) is 6.77. The van der Waals surface area contributed by atoms with Crippen molar-refractivity contribution in [2.75, 3.05) is 32.7 Å². The van der Waals surface area contributed by atoms with Gasteiger partial charge in [0.25, 0.3) is 0 Å². The Labute approximate surface area is 166 Å². The minimum atomic E-state index is 0. The Morgan fingerprint density at radius 3 is 2.83 bits per heavy atom. The van der Waals surface area contributed by atoms with Crippen molar-refractivity contribution in [2.45, 2.75) is 39.3 Å². The van der Waals surface area contributed by atoms with Crippen molar-refractivity contribution in [1.82, 2.24) is 20.1 Å². The molecule has 0 aromatic carbocycles.